The van der Waals surface area contributed by atoms with Gasteiger partial charge in [-0.2, -0.15) is 9.97 Å². The molecular weight excluding hydrogens is 436 g/mol. The van der Waals surface area contributed by atoms with Gasteiger partial charge in [-0.05, 0) is 40.2 Å². The number of ether oxygens (including phenoxy) is 4. The number of carbonyl (C=O) groups excluding carboxylic acids is 1. The lowest BCUT2D eigenvalue weighted by Gasteiger charge is -2.21. The molecule has 0 saturated carbocycles. The van der Waals surface area contributed by atoms with Crippen molar-refractivity contribution in [2.45, 2.75) is 78.4 Å². The van der Waals surface area contributed by atoms with Crippen LogP contribution in [-0.4, -0.2) is 41.5 Å². The number of nitrogens with one attached hydrogen (secondary N) is 2. The van der Waals surface area contributed by atoms with Crippen LogP contribution in [0, 0.1) is 0 Å². The number of aromatic nitrogens is 2. The molecule has 2 amide bonds. The van der Waals surface area contributed by atoms with Crippen LogP contribution in [0.15, 0.2) is 24.5 Å². The molecule has 9 nitrogen and oxygen atoms in total. The minimum atomic E-state index is -0.387. The number of unbranched alkanes of at least 4 members (excludes halogenated alkanes) is 2. The number of rotatable bonds is 12. The van der Waals surface area contributed by atoms with Gasteiger partial charge in [-0.15, -0.1) is 0 Å². The Labute approximate surface area is 201 Å². The average molecular weight is 473 g/mol. The fraction of sp³-hybridized carbons (Fsp3) is 0.560. The Balaban J connectivity index is 1.74. The number of anilines is 1. The molecule has 1 atom stereocenters. The normalized spacial score (nSPS) is 13.1. The van der Waals surface area contributed by atoms with Gasteiger partial charge >= 0.3 is 6.03 Å². The molecule has 0 bridgehead atoms. The van der Waals surface area contributed by atoms with E-state index in [2.05, 4.69) is 27.5 Å². The molecule has 2 N–H and O–H groups in total. The van der Waals surface area contributed by atoms with Crippen molar-refractivity contribution in [1.82, 2.24) is 15.3 Å². The van der Waals surface area contributed by atoms with Gasteiger partial charge in [0.25, 0.3) is 0 Å². The second kappa shape index (κ2) is 12.3. The summed E-state index contributed by atoms with van der Waals surface area (Å²) in [5.41, 5.74) is 1.35. The average Bonchev–Trinajstić information content (AvgIpc) is 3.27. The predicted molar refractivity (Wildman–Crippen MR) is 130 cm³/mol. The number of amides is 2. The van der Waals surface area contributed by atoms with Gasteiger partial charge in [0.2, 0.25) is 18.6 Å². The summed E-state index contributed by atoms with van der Waals surface area (Å²) in [4.78, 5) is 21.3. The maximum atomic E-state index is 12.9. The Bertz CT molecular complexity index is 923. The summed E-state index contributed by atoms with van der Waals surface area (Å²) in [6.45, 7) is 10.4. The Morgan fingerprint density at radius 2 is 1.76 bits per heavy atom. The minimum Gasteiger partial charge on any atom is -0.473 e. The van der Waals surface area contributed by atoms with Crippen LogP contribution < -0.4 is 29.6 Å². The Morgan fingerprint density at radius 3 is 2.41 bits per heavy atom. The molecule has 0 aliphatic carbocycles. The van der Waals surface area contributed by atoms with Crippen molar-refractivity contribution < 1.29 is 23.7 Å². The molecule has 0 spiro atoms. The number of fused-ring (bicyclic) bond motifs is 1. The van der Waals surface area contributed by atoms with Crippen molar-refractivity contribution in [3.8, 4) is 23.3 Å². The molecule has 1 aromatic heterocycles. The fourth-order valence-electron chi connectivity index (χ4n) is 3.74. The van der Waals surface area contributed by atoms with Gasteiger partial charge in [0.15, 0.2) is 17.2 Å². The second-order valence-corrected chi connectivity index (χ2v) is 8.80. The zero-order chi connectivity index (χ0) is 24.5. The molecule has 0 radical (unpaired) electrons. The summed E-state index contributed by atoms with van der Waals surface area (Å²) < 4.78 is 22.8. The molecule has 0 unspecified atom stereocenters. The van der Waals surface area contributed by atoms with Crippen LogP contribution in [0.4, 0.5) is 10.5 Å². The zero-order valence-electron chi connectivity index (χ0n) is 20.7. The predicted octanol–water partition coefficient (Wildman–Crippen LogP) is 5.27. The van der Waals surface area contributed by atoms with E-state index in [9.17, 15) is 4.79 Å². The van der Waals surface area contributed by atoms with E-state index in [4.69, 9.17) is 18.9 Å². The van der Waals surface area contributed by atoms with Gasteiger partial charge < -0.3 is 24.3 Å². The first-order chi connectivity index (χ1) is 16.4. The van der Waals surface area contributed by atoms with E-state index < -0.39 is 0 Å². The van der Waals surface area contributed by atoms with Crippen LogP contribution in [0.2, 0.25) is 0 Å². The highest BCUT2D eigenvalue weighted by molar-refractivity contribution is 5.92. The van der Waals surface area contributed by atoms with Crippen LogP contribution in [-0.2, 0) is 0 Å². The first-order valence-electron chi connectivity index (χ1n) is 12.0. The SMILES string of the molecule is CCCCC[C@@H](CNC(=O)Nc1c(OC(C)C)ncnc1OC(C)C)c1cccc2c1OCO2. The van der Waals surface area contributed by atoms with Crippen molar-refractivity contribution in [2.75, 3.05) is 18.7 Å². The quantitative estimate of drug-likeness (QED) is 0.406. The van der Waals surface area contributed by atoms with Crippen molar-refractivity contribution >= 4 is 11.7 Å². The van der Waals surface area contributed by atoms with E-state index in [0.717, 1.165) is 42.7 Å². The second-order valence-electron chi connectivity index (χ2n) is 8.80. The Hall–Kier alpha value is -3.23. The number of hydrogen-bond donors (Lipinski definition) is 2. The first-order valence-corrected chi connectivity index (χ1v) is 12.0. The number of hydrogen-bond acceptors (Lipinski definition) is 7. The smallest absolute Gasteiger partial charge is 0.319 e. The lowest BCUT2D eigenvalue weighted by Crippen LogP contribution is -2.33. The standard InChI is InChI=1S/C25H36N4O5/c1-6-7-8-10-18(19-11-9-12-20-22(19)32-15-31-20)13-26-25(30)29-21-23(33-16(2)3)27-14-28-24(21)34-17(4)5/h9,11-12,14,16-18H,6-8,10,13,15H2,1-5H3,(H2,26,29,30)/t18-/m0/s1. The highest BCUT2D eigenvalue weighted by atomic mass is 16.7. The van der Waals surface area contributed by atoms with E-state index in [1.807, 2.05) is 45.9 Å². The molecule has 0 fully saturated rings. The van der Waals surface area contributed by atoms with Crippen LogP contribution >= 0.6 is 0 Å². The van der Waals surface area contributed by atoms with Gasteiger partial charge in [0.1, 0.15) is 6.33 Å². The van der Waals surface area contributed by atoms with Crippen LogP contribution in [0.3, 0.4) is 0 Å². The molecule has 2 heterocycles. The zero-order valence-corrected chi connectivity index (χ0v) is 20.7. The highest BCUT2D eigenvalue weighted by Gasteiger charge is 2.24. The van der Waals surface area contributed by atoms with E-state index in [1.54, 1.807) is 0 Å². The minimum absolute atomic E-state index is 0.0822. The van der Waals surface area contributed by atoms with Crippen molar-refractivity contribution in [2.24, 2.45) is 0 Å². The molecule has 1 aliphatic rings. The van der Waals surface area contributed by atoms with E-state index >= 15 is 0 Å². The highest BCUT2D eigenvalue weighted by Crippen LogP contribution is 2.40. The summed E-state index contributed by atoms with van der Waals surface area (Å²) in [5.74, 6) is 2.12. The Morgan fingerprint density at radius 1 is 1.06 bits per heavy atom. The van der Waals surface area contributed by atoms with Gasteiger partial charge in [-0.1, -0.05) is 38.3 Å². The Kier molecular flexibility index (Phi) is 9.18. The molecule has 3 rings (SSSR count). The molecule has 9 heteroatoms. The molecule has 186 valence electrons. The van der Waals surface area contributed by atoms with Gasteiger partial charge in [0.05, 0.1) is 12.2 Å². The molecular formula is C25H36N4O5. The third kappa shape index (κ3) is 6.88. The number of urea groups is 1. The third-order valence-corrected chi connectivity index (χ3v) is 5.24. The van der Waals surface area contributed by atoms with Crippen LogP contribution in [0.1, 0.15) is 71.8 Å². The van der Waals surface area contributed by atoms with Crippen LogP contribution in [0.5, 0.6) is 23.3 Å². The fourth-order valence-corrected chi connectivity index (χ4v) is 3.74. The summed E-state index contributed by atoms with van der Waals surface area (Å²) in [7, 11) is 0. The largest absolute Gasteiger partial charge is 0.473 e. The van der Waals surface area contributed by atoms with Crippen molar-refractivity contribution in [3.63, 3.8) is 0 Å². The summed E-state index contributed by atoms with van der Waals surface area (Å²) in [5, 5.41) is 5.83. The molecule has 34 heavy (non-hydrogen) atoms. The third-order valence-electron chi connectivity index (χ3n) is 5.24. The van der Waals surface area contributed by atoms with Gasteiger partial charge in [0, 0.05) is 18.0 Å². The lowest BCUT2D eigenvalue weighted by molar-refractivity contribution is 0.173. The lowest BCUT2D eigenvalue weighted by atomic mass is 9.92. The molecule has 1 aromatic carbocycles. The molecule has 0 saturated heterocycles. The molecule has 2 aromatic rings. The van der Waals surface area contributed by atoms with Crippen LogP contribution in [0.25, 0.3) is 0 Å². The topological polar surface area (TPSA) is 104 Å². The maximum absolute atomic E-state index is 12.9. The summed E-state index contributed by atoms with van der Waals surface area (Å²) in [6, 6.07) is 5.51. The number of nitrogens with zero attached hydrogens (tertiary/aromatic N) is 2. The van der Waals surface area contributed by atoms with E-state index in [0.29, 0.717) is 12.2 Å². The first kappa shape index (κ1) is 25.4. The maximum Gasteiger partial charge on any atom is 0.319 e. The summed E-state index contributed by atoms with van der Waals surface area (Å²) >= 11 is 0. The van der Waals surface area contributed by atoms with Crippen molar-refractivity contribution in [1.29, 1.82) is 0 Å². The number of para-hydroxylation sites is 1. The van der Waals surface area contributed by atoms with Crippen molar-refractivity contribution in [3.05, 3.63) is 30.1 Å². The number of carbonyl (C=O) groups is 1. The molecule has 1 aliphatic heterocycles. The summed E-state index contributed by atoms with van der Waals surface area (Å²) in [6.07, 6.45) is 5.33. The number of benzene rings is 1. The monoisotopic (exact) mass is 472 g/mol. The van der Waals surface area contributed by atoms with E-state index in [-0.39, 0.29) is 42.7 Å². The van der Waals surface area contributed by atoms with E-state index in [1.165, 1.54) is 6.33 Å². The van der Waals surface area contributed by atoms with Gasteiger partial charge in [-0.3, -0.25) is 5.32 Å². The van der Waals surface area contributed by atoms with Gasteiger partial charge in [-0.25, -0.2) is 4.79 Å².